The molecule has 0 aromatic rings. The number of hydrogen-bond donors (Lipinski definition) is 0. The molecule has 1 atom stereocenters. The van der Waals surface area contributed by atoms with Crippen molar-refractivity contribution in [2.75, 3.05) is 13.2 Å². The average Bonchev–Trinajstić information content (AvgIpc) is 3.49. The van der Waals surface area contributed by atoms with Gasteiger partial charge in [0.1, 0.15) is 13.2 Å². The lowest BCUT2D eigenvalue weighted by Crippen LogP contribution is -2.30. The number of hydrogen-bond acceptors (Lipinski definition) is 6. The summed E-state index contributed by atoms with van der Waals surface area (Å²) >= 11 is 0. The quantitative estimate of drug-likeness (QED) is 0.0261. The molecule has 0 aromatic heterocycles. The van der Waals surface area contributed by atoms with Crippen LogP contribution in [0, 0.1) is 0 Å². The normalized spacial score (nSPS) is 12.8. The molecule has 83 heavy (non-hydrogen) atoms. The van der Waals surface area contributed by atoms with E-state index < -0.39 is 6.10 Å². The number of carbonyl (C=O) groups is 3. The second-order valence-electron chi connectivity index (χ2n) is 23.4. The Balaban J connectivity index is 4.33. The van der Waals surface area contributed by atoms with Crippen molar-refractivity contribution in [1.29, 1.82) is 0 Å². The van der Waals surface area contributed by atoms with Crippen molar-refractivity contribution in [2.24, 2.45) is 0 Å². The topological polar surface area (TPSA) is 78.9 Å². The van der Waals surface area contributed by atoms with Crippen LogP contribution < -0.4 is 0 Å². The molecule has 6 nitrogen and oxygen atoms in total. The molecule has 0 spiro atoms. The lowest BCUT2D eigenvalue weighted by atomic mass is 10.0. The number of carbonyl (C=O) groups excluding carboxylic acids is 3. The molecule has 0 aliphatic heterocycles. The highest BCUT2D eigenvalue weighted by molar-refractivity contribution is 5.71. The molecular weight excluding hydrogens is 1020 g/mol. The van der Waals surface area contributed by atoms with Gasteiger partial charge in [0, 0.05) is 19.3 Å². The first-order valence-electron chi connectivity index (χ1n) is 35.4. The van der Waals surface area contributed by atoms with Crippen LogP contribution in [-0.4, -0.2) is 37.2 Å². The van der Waals surface area contributed by atoms with Gasteiger partial charge in [-0.1, -0.05) is 329 Å². The third-order valence-corrected chi connectivity index (χ3v) is 15.3. The molecular formula is C77H132O6. The first kappa shape index (κ1) is 79.1. The number of esters is 3. The zero-order chi connectivity index (χ0) is 59.9. The summed E-state index contributed by atoms with van der Waals surface area (Å²) in [5.41, 5.74) is 0. The van der Waals surface area contributed by atoms with Gasteiger partial charge in [-0.15, -0.1) is 0 Å². The van der Waals surface area contributed by atoms with Crippen LogP contribution in [0.4, 0.5) is 0 Å². The number of allylic oxidation sites excluding steroid dienone is 18. The summed E-state index contributed by atoms with van der Waals surface area (Å²) in [6.07, 6.45) is 97.0. The Kier molecular flexibility index (Phi) is 67.2. The summed E-state index contributed by atoms with van der Waals surface area (Å²) in [6, 6.07) is 0. The molecule has 0 rings (SSSR count). The van der Waals surface area contributed by atoms with Crippen molar-refractivity contribution in [2.45, 2.75) is 348 Å². The fraction of sp³-hybridized carbons (Fsp3) is 0.727. The second-order valence-corrected chi connectivity index (χ2v) is 23.4. The first-order valence-corrected chi connectivity index (χ1v) is 35.4. The fourth-order valence-corrected chi connectivity index (χ4v) is 10.1. The SMILES string of the molecule is CC/C=C\C/C=C\C/C=C\C/C=C\C/C=C\CCCCCC(=O)OC(COC(=O)CCCCCC/C=C\C/C=C\C/C=C\C/C=C\CC)COC(=O)CCCCCCCCCCCCCCCCCCCCCCCCCCCCCCC. The molecule has 0 saturated carbocycles. The van der Waals surface area contributed by atoms with Gasteiger partial charge < -0.3 is 14.2 Å². The van der Waals surface area contributed by atoms with Crippen LogP contribution in [-0.2, 0) is 28.6 Å². The number of ether oxygens (including phenoxy) is 3. The van der Waals surface area contributed by atoms with Gasteiger partial charge in [0.2, 0.25) is 0 Å². The van der Waals surface area contributed by atoms with Crippen molar-refractivity contribution in [3.05, 3.63) is 109 Å². The van der Waals surface area contributed by atoms with E-state index in [1.165, 1.54) is 167 Å². The highest BCUT2D eigenvalue weighted by Gasteiger charge is 2.19. The van der Waals surface area contributed by atoms with Gasteiger partial charge in [-0.25, -0.2) is 0 Å². The lowest BCUT2D eigenvalue weighted by molar-refractivity contribution is -0.167. The molecule has 0 saturated heterocycles. The lowest BCUT2D eigenvalue weighted by Gasteiger charge is -2.18. The Hall–Kier alpha value is -3.93. The molecule has 0 fully saturated rings. The maximum Gasteiger partial charge on any atom is 0.306 e. The van der Waals surface area contributed by atoms with Gasteiger partial charge in [-0.05, 0) is 103 Å². The van der Waals surface area contributed by atoms with E-state index in [-0.39, 0.29) is 37.5 Å². The Morgan fingerprint density at radius 2 is 0.470 bits per heavy atom. The molecule has 0 radical (unpaired) electrons. The van der Waals surface area contributed by atoms with Crippen LogP contribution in [0.5, 0.6) is 0 Å². The van der Waals surface area contributed by atoms with Crippen LogP contribution in [0.3, 0.4) is 0 Å². The monoisotopic (exact) mass is 1150 g/mol. The standard InChI is InChI=1S/C77H132O6/c1-4-7-10-13-16-19-22-25-28-31-33-34-35-36-37-38-39-40-41-42-44-46-49-52-55-58-61-64-67-70-76(79)82-73-74(72-81-75(78)69-66-63-60-57-54-51-48-45-30-27-24-21-18-15-12-9-6-3)83-77(80)71-68-65-62-59-56-53-50-47-43-32-29-26-23-20-17-14-11-8-5-2/h8-9,11-12,17-18,20-21,26-27,29-30,43,47-48,51,53,56,74H,4-7,10,13-16,19,22-25,28,31-42,44-46,49-50,52,54-55,57-73H2,1-3H3/b11-8-,12-9-,20-17-,21-18-,29-26-,30-27-,47-43-,51-48-,56-53-. The third-order valence-electron chi connectivity index (χ3n) is 15.3. The molecule has 0 N–H and O–H groups in total. The van der Waals surface area contributed by atoms with E-state index in [1.807, 2.05) is 0 Å². The van der Waals surface area contributed by atoms with Crippen molar-refractivity contribution in [3.63, 3.8) is 0 Å². The molecule has 0 heterocycles. The summed E-state index contributed by atoms with van der Waals surface area (Å²) in [4.78, 5) is 38.4. The molecule has 0 aromatic carbocycles. The Morgan fingerprint density at radius 3 is 0.747 bits per heavy atom. The predicted molar refractivity (Wildman–Crippen MR) is 362 cm³/mol. The summed E-state index contributed by atoms with van der Waals surface area (Å²) in [7, 11) is 0. The Labute approximate surface area is 514 Å². The number of rotatable bonds is 64. The largest absolute Gasteiger partial charge is 0.462 e. The van der Waals surface area contributed by atoms with Crippen molar-refractivity contribution < 1.29 is 28.6 Å². The van der Waals surface area contributed by atoms with E-state index in [0.29, 0.717) is 12.8 Å². The van der Waals surface area contributed by atoms with Crippen LogP contribution in [0.25, 0.3) is 0 Å². The molecule has 0 bridgehead atoms. The van der Waals surface area contributed by atoms with Gasteiger partial charge >= 0.3 is 17.9 Å². The molecule has 476 valence electrons. The predicted octanol–water partition coefficient (Wildman–Crippen LogP) is 24.6. The molecule has 1 unspecified atom stereocenters. The van der Waals surface area contributed by atoms with Gasteiger partial charge in [0.05, 0.1) is 0 Å². The van der Waals surface area contributed by atoms with Crippen molar-refractivity contribution >= 4 is 17.9 Å². The smallest absolute Gasteiger partial charge is 0.306 e. The molecule has 6 heteroatoms. The Morgan fingerprint density at radius 1 is 0.253 bits per heavy atom. The van der Waals surface area contributed by atoms with Crippen molar-refractivity contribution in [3.8, 4) is 0 Å². The summed E-state index contributed by atoms with van der Waals surface area (Å²) < 4.78 is 16.9. The minimum Gasteiger partial charge on any atom is -0.462 e. The van der Waals surface area contributed by atoms with Crippen molar-refractivity contribution in [1.82, 2.24) is 0 Å². The second kappa shape index (κ2) is 70.6. The van der Waals surface area contributed by atoms with Gasteiger partial charge in [0.15, 0.2) is 6.10 Å². The highest BCUT2D eigenvalue weighted by Crippen LogP contribution is 2.18. The first-order chi connectivity index (χ1) is 41.0. The van der Waals surface area contributed by atoms with Crippen LogP contribution >= 0.6 is 0 Å². The summed E-state index contributed by atoms with van der Waals surface area (Å²) in [5.74, 6) is -0.943. The Bertz CT molecular complexity index is 1660. The van der Waals surface area contributed by atoms with E-state index in [9.17, 15) is 14.4 Å². The zero-order valence-corrected chi connectivity index (χ0v) is 54.7. The maximum atomic E-state index is 12.9. The van der Waals surface area contributed by atoms with E-state index in [2.05, 4.69) is 130 Å². The van der Waals surface area contributed by atoms with E-state index in [4.69, 9.17) is 14.2 Å². The third kappa shape index (κ3) is 68.7. The highest BCUT2D eigenvalue weighted by atomic mass is 16.6. The minimum atomic E-state index is -0.809. The fourth-order valence-electron chi connectivity index (χ4n) is 10.1. The summed E-state index contributed by atoms with van der Waals surface area (Å²) in [5, 5.41) is 0. The average molecular weight is 1150 g/mol. The van der Waals surface area contributed by atoms with Gasteiger partial charge in [-0.3, -0.25) is 14.4 Å². The van der Waals surface area contributed by atoms with E-state index >= 15 is 0 Å². The van der Waals surface area contributed by atoms with Crippen LogP contribution in [0.15, 0.2) is 109 Å². The summed E-state index contributed by atoms with van der Waals surface area (Å²) in [6.45, 7) is 6.41. The zero-order valence-electron chi connectivity index (χ0n) is 54.7. The van der Waals surface area contributed by atoms with Gasteiger partial charge in [0.25, 0.3) is 0 Å². The maximum absolute atomic E-state index is 12.9. The minimum absolute atomic E-state index is 0.0984. The van der Waals surface area contributed by atoms with E-state index in [0.717, 1.165) is 135 Å². The molecule has 0 amide bonds. The van der Waals surface area contributed by atoms with Gasteiger partial charge in [-0.2, -0.15) is 0 Å². The molecule has 0 aliphatic rings. The van der Waals surface area contributed by atoms with E-state index in [1.54, 1.807) is 0 Å². The van der Waals surface area contributed by atoms with Crippen LogP contribution in [0.1, 0.15) is 342 Å². The number of unbranched alkanes of at least 4 members (excludes halogenated alkanes) is 35. The van der Waals surface area contributed by atoms with Crippen LogP contribution in [0.2, 0.25) is 0 Å². The molecule has 0 aliphatic carbocycles.